The number of hydrogen-bond donors (Lipinski definition) is 2. The zero-order chi connectivity index (χ0) is 18.1. The van der Waals surface area contributed by atoms with Crippen LogP contribution in [0.3, 0.4) is 0 Å². The second-order valence-electron chi connectivity index (χ2n) is 7.23. The number of rotatable bonds is 18. The molecule has 0 fully saturated rings. The fourth-order valence-electron chi connectivity index (χ4n) is 2.90. The van der Waals surface area contributed by atoms with Crippen LogP contribution in [0.4, 0.5) is 0 Å². The molecule has 0 amide bonds. The second kappa shape index (κ2) is 27.8. The van der Waals surface area contributed by atoms with Crippen molar-refractivity contribution in [2.24, 2.45) is 11.5 Å². The van der Waals surface area contributed by atoms with Gasteiger partial charge in [0, 0.05) is 0 Å². The zero-order valence-corrected chi connectivity index (χ0v) is 17.3. The van der Waals surface area contributed by atoms with Crippen LogP contribution in [0, 0.1) is 0 Å². The Hall–Kier alpha value is -0.0800. The maximum atomic E-state index is 5.48. The summed E-state index contributed by atoms with van der Waals surface area (Å²) in [5.74, 6) is 0. The second-order valence-corrected chi connectivity index (χ2v) is 7.23. The molecule has 0 aliphatic heterocycles. The minimum Gasteiger partial charge on any atom is -0.330 e. The predicted octanol–water partition coefficient (Wildman–Crippen LogP) is 6.95. The van der Waals surface area contributed by atoms with Crippen LogP contribution in [0.2, 0.25) is 0 Å². The van der Waals surface area contributed by atoms with E-state index in [1.165, 1.54) is 116 Å². The lowest BCUT2D eigenvalue weighted by Crippen LogP contribution is -1.97. The molecular formula is C22H50N2. The Morgan fingerprint density at radius 2 is 0.583 bits per heavy atom. The first kappa shape index (κ1) is 26.2. The Morgan fingerprint density at radius 1 is 0.333 bits per heavy atom. The largest absolute Gasteiger partial charge is 0.330 e. The minimum absolute atomic E-state index is 0.844. The van der Waals surface area contributed by atoms with E-state index < -0.39 is 0 Å². The average molecular weight is 343 g/mol. The molecule has 0 aromatic carbocycles. The van der Waals surface area contributed by atoms with Crippen molar-refractivity contribution in [1.29, 1.82) is 0 Å². The summed E-state index contributed by atoms with van der Waals surface area (Å²) in [7, 11) is 0. The highest BCUT2D eigenvalue weighted by molar-refractivity contribution is 4.50. The Morgan fingerprint density at radius 3 is 0.792 bits per heavy atom. The van der Waals surface area contributed by atoms with Crippen molar-refractivity contribution in [3.63, 3.8) is 0 Å². The van der Waals surface area contributed by atoms with Crippen LogP contribution in [-0.4, -0.2) is 13.1 Å². The van der Waals surface area contributed by atoms with Gasteiger partial charge >= 0.3 is 0 Å². The maximum Gasteiger partial charge on any atom is -0.00773 e. The zero-order valence-electron chi connectivity index (χ0n) is 17.3. The van der Waals surface area contributed by atoms with Gasteiger partial charge in [0.1, 0.15) is 0 Å². The van der Waals surface area contributed by atoms with E-state index in [0.29, 0.717) is 0 Å². The van der Waals surface area contributed by atoms with Crippen LogP contribution in [0.5, 0.6) is 0 Å². The summed E-state index contributed by atoms with van der Waals surface area (Å²) in [4.78, 5) is 0. The van der Waals surface area contributed by atoms with Gasteiger partial charge in [-0.15, -0.1) is 0 Å². The van der Waals surface area contributed by atoms with Crippen LogP contribution >= 0.6 is 0 Å². The normalized spacial score (nSPS) is 10.5. The molecule has 0 bridgehead atoms. The highest BCUT2D eigenvalue weighted by Crippen LogP contribution is 2.13. The van der Waals surface area contributed by atoms with E-state index in [1.807, 2.05) is 0 Å². The van der Waals surface area contributed by atoms with Gasteiger partial charge in [0.2, 0.25) is 0 Å². The van der Waals surface area contributed by atoms with Crippen LogP contribution in [-0.2, 0) is 0 Å². The van der Waals surface area contributed by atoms with E-state index in [1.54, 1.807) is 0 Å². The number of unbranched alkanes of at least 4 members (excludes halogenated alkanes) is 16. The molecule has 0 aliphatic carbocycles. The average Bonchev–Trinajstić information content (AvgIpc) is 2.60. The van der Waals surface area contributed by atoms with E-state index in [4.69, 9.17) is 11.5 Å². The van der Waals surface area contributed by atoms with Gasteiger partial charge in [-0.1, -0.05) is 117 Å². The third-order valence-corrected chi connectivity index (χ3v) is 4.62. The third-order valence-electron chi connectivity index (χ3n) is 4.62. The van der Waals surface area contributed by atoms with Gasteiger partial charge in [0.25, 0.3) is 0 Å². The Kier molecular flexibility index (Phi) is 30.2. The van der Waals surface area contributed by atoms with Gasteiger partial charge in [-0.3, -0.25) is 0 Å². The van der Waals surface area contributed by atoms with E-state index in [-0.39, 0.29) is 0 Å². The molecular weight excluding hydrogens is 292 g/mol. The summed E-state index contributed by atoms with van der Waals surface area (Å²) in [5, 5.41) is 0. The standard InChI is InChI=1S/C18H39N.C4H11N/c1-2-3-4-5-6-7-8-9-10-11-12-13-14-15-16-17-18-19;1-2-3-4-5/h2-19H2,1H3;2-5H2,1H3. The lowest BCUT2D eigenvalue weighted by Gasteiger charge is -2.03. The molecule has 4 N–H and O–H groups in total. The van der Waals surface area contributed by atoms with Gasteiger partial charge in [-0.2, -0.15) is 0 Å². The lowest BCUT2D eigenvalue weighted by atomic mass is 10.0. The Bertz CT molecular complexity index is 165. The first-order valence-electron chi connectivity index (χ1n) is 11.2. The molecule has 0 atom stereocenters. The summed E-state index contributed by atoms with van der Waals surface area (Å²) in [6, 6.07) is 0. The molecule has 0 heterocycles. The van der Waals surface area contributed by atoms with Gasteiger partial charge in [-0.25, -0.2) is 0 Å². The molecule has 0 aromatic rings. The molecule has 148 valence electrons. The number of hydrogen-bond acceptors (Lipinski definition) is 2. The molecule has 0 unspecified atom stereocenters. The molecule has 0 saturated heterocycles. The van der Waals surface area contributed by atoms with Gasteiger partial charge < -0.3 is 11.5 Å². The van der Waals surface area contributed by atoms with Gasteiger partial charge in [0.05, 0.1) is 0 Å². The van der Waals surface area contributed by atoms with Crippen LogP contribution in [0.25, 0.3) is 0 Å². The predicted molar refractivity (Wildman–Crippen MR) is 113 cm³/mol. The van der Waals surface area contributed by atoms with Crippen LogP contribution < -0.4 is 11.5 Å². The van der Waals surface area contributed by atoms with E-state index in [2.05, 4.69) is 13.8 Å². The first-order valence-corrected chi connectivity index (χ1v) is 11.2. The lowest BCUT2D eigenvalue weighted by molar-refractivity contribution is 0.530. The molecule has 2 heteroatoms. The molecule has 0 radical (unpaired) electrons. The van der Waals surface area contributed by atoms with E-state index >= 15 is 0 Å². The van der Waals surface area contributed by atoms with Gasteiger partial charge in [-0.05, 0) is 25.9 Å². The van der Waals surface area contributed by atoms with E-state index in [0.717, 1.165) is 13.1 Å². The summed E-state index contributed by atoms with van der Waals surface area (Å²) < 4.78 is 0. The maximum absolute atomic E-state index is 5.48. The quantitative estimate of drug-likeness (QED) is 0.265. The van der Waals surface area contributed by atoms with Crippen molar-refractivity contribution >= 4 is 0 Å². The molecule has 0 spiro atoms. The van der Waals surface area contributed by atoms with Crippen molar-refractivity contribution in [3.05, 3.63) is 0 Å². The first-order chi connectivity index (χ1) is 11.8. The highest BCUT2D eigenvalue weighted by Gasteiger charge is 1.94. The molecule has 2 nitrogen and oxygen atoms in total. The summed E-state index contributed by atoms with van der Waals surface area (Å²) in [6.45, 7) is 6.14. The van der Waals surface area contributed by atoms with Crippen molar-refractivity contribution in [1.82, 2.24) is 0 Å². The summed E-state index contributed by atoms with van der Waals surface area (Å²) in [6.07, 6.45) is 25.2. The topological polar surface area (TPSA) is 52.0 Å². The molecule has 0 aliphatic rings. The Labute approximate surface area is 154 Å². The van der Waals surface area contributed by atoms with Crippen molar-refractivity contribution in [2.75, 3.05) is 13.1 Å². The summed E-state index contributed by atoms with van der Waals surface area (Å²) in [5.41, 5.74) is 10.6. The van der Waals surface area contributed by atoms with Crippen molar-refractivity contribution in [3.8, 4) is 0 Å². The smallest absolute Gasteiger partial charge is 0.00773 e. The molecule has 0 rings (SSSR count). The summed E-state index contributed by atoms with van der Waals surface area (Å²) >= 11 is 0. The van der Waals surface area contributed by atoms with Crippen LogP contribution in [0.1, 0.15) is 129 Å². The molecule has 0 aromatic heterocycles. The fourth-order valence-corrected chi connectivity index (χ4v) is 2.90. The van der Waals surface area contributed by atoms with Crippen molar-refractivity contribution in [2.45, 2.75) is 129 Å². The van der Waals surface area contributed by atoms with Gasteiger partial charge in [0.15, 0.2) is 0 Å². The van der Waals surface area contributed by atoms with Crippen molar-refractivity contribution < 1.29 is 0 Å². The monoisotopic (exact) mass is 342 g/mol. The third kappa shape index (κ3) is 29.9. The SMILES string of the molecule is CCCCCCCCCCCCCCCCCCN.CCCCN. The Balaban J connectivity index is 0. The minimum atomic E-state index is 0.844. The highest BCUT2D eigenvalue weighted by atomic mass is 14.5. The van der Waals surface area contributed by atoms with E-state index in [9.17, 15) is 0 Å². The van der Waals surface area contributed by atoms with Crippen LogP contribution in [0.15, 0.2) is 0 Å². The molecule has 0 saturated carbocycles. The number of nitrogens with two attached hydrogens (primary N) is 2. The fraction of sp³-hybridized carbons (Fsp3) is 1.00. The molecule has 24 heavy (non-hydrogen) atoms.